The number of rotatable bonds is 2. The van der Waals surface area contributed by atoms with E-state index in [0.717, 1.165) is 21.9 Å². The highest BCUT2D eigenvalue weighted by atomic mass is 32.1. The number of aromatic nitrogens is 1. The average molecular weight is 225 g/mol. The summed E-state index contributed by atoms with van der Waals surface area (Å²) in [4.78, 5) is 29.2. The van der Waals surface area contributed by atoms with Crippen molar-refractivity contribution in [1.82, 2.24) is 10.3 Å². The van der Waals surface area contributed by atoms with Gasteiger partial charge in [0.2, 0.25) is 5.13 Å². The average Bonchev–Trinajstić information content (AvgIpc) is 2.70. The number of nitrogens with one attached hydrogen (secondary N) is 1. The van der Waals surface area contributed by atoms with E-state index in [1.165, 1.54) is 11.3 Å². The van der Waals surface area contributed by atoms with Crippen molar-refractivity contribution < 1.29 is 9.59 Å². The van der Waals surface area contributed by atoms with E-state index in [1.54, 1.807) is 0 Å². The number of hydrogen-bond acceptors (Lipinski definition) is 4. The second-order valence-electron chi connectivity index (χ2n) is 3.24. The molecule has 0 unspecified atom stereocenters. The van der Waals surface area contributed by atoms with Crippen molar-refractivity contribution in [3.63, 3.8) is 0 Å². The number of hydrogen-bond donors (Lipinski definition) is 1. The van der Waals surface area contributed by atoms with E-state index in [9.17, 15) is 9.59 Å². The zero-order valence-corrected chi connectivity index (χ0v) is 9.35. The Hall–Kier alpha value is -1.43. The fourth-order valence-electron chi connectivity index (χ4n) is 1.45. The number of urea groups is 1. The van der Waals surface area contributed by atoms with Gasteiger partial charge in [0.25, 0.3) is 5.91 Å². The molecule has 1 aromatic heterocycles. The normalized spacial score (nSPS) is 16.0. The van der Waals surface area contributed by atoms with Gasteiger partial charge in [0.05, 0.1) is 12.2 Å². The summed E-state index contributed by atoms with van der Waals surface area (Å²) in [6.07, 6.45) is 0.811. The fraction of sp³-hybridized carbons (Fsp3) is 0.444. The number of aryl methyl sites for hydroxylation is 2. The molecule has 0 saturated carbocycles. The van der Waals surface area contributed by atoms with Crippen LogP contribution in [0.15, 0.2) is 0 Å². The zero-order chi connectivity index (χ0) is 11.0. The maximum Gasteiger partial charge on any atom is 0.331 e. The van der Waals surface area contributed by atoms with Crippen molar-refractivity contribution in [2.45, 2.75) is 20.3 Å². The third kappa shape index (κ3) is 1.61. The molecular weight excluding hydrogens is 214 g/mol. The molecule has 1 fully saturated rings. The fourth-order valence-corrected chi connectivity index (χ4v) is 2.47. The highest BCUT2D eigenvalue weighted by Gasteiger charge is 2.32. The molecule has 80 valence electrons. The van der Waals surface area contributed by atoms with E-state index in [-0.39, 0.29) is 18.5 Å². The van der Waals surface area contributed by atoms with Crippen LogP contribution in [0.3, 0.4) is 0 Å². The Morgan fingerprint density at radius 1 is 1.53 bits per heavy atom. The minimum atomic E-state index is -0.378. The summed E-state index contributed by atoms with van der Waals surface area (Å²) >= 11 is 1.38. The van der Waals surface area contributed by atoms with Crippen LogP contribution in [0.25, 0.3) is 0 Å². The van der Waals surface area contributed by atoms with Gasteiger partial charge in [-0.05, 0) is 13.3 Å². The number of thiazole rings is 1. The lowest BCUT2D eigenvalue weighted by Crippen LogP contribution is -2.30. The number of carbonyl (C=O) groups excluding carboxylic acids is 2. The first-order chi connectivity index (χ1) is 7.13. The largest absolute Gasteiger partial charge is 0.331 e. The molecule has 15 heavy (non-hydrogen) atoms. The summed E-state index contributed by atoms with van der Waals surface area (Å²) in [7, 11) is 0. The van der Waals surface area contributed by atoms with Crippen molar-refractivity contribution in [3.05, 3.63) is 10.6 Å². The lowest BCUT2D eigenvalue weighted by atomic mass is 10.3. The molecule has 2 rings (SSSR count). The molecule has 0 bridgehead atoms. The van der Waals surface area contributed by atoms with Gasteiger partial charge < -0.3 is 5.32 Å². The Kier molecular flexibility index (Phi) is 2.44. The molecule has 3 amide bonds. The predicted molar refractivity (Wildman–Crippen MR) is 57.1 cm³/mol. The summed E-state index contributed by atoms with van der Waals surface area (Å²) in [5.74, 6) is -0.239. The van der Waals surface area contributed by atoms with Gasteiger partial charge in [-0.1, -0.05) is 6.92 Å². The van der Waals surface area contributed by atoms with Crippen LogP contribution >= 0.6 is 11.3 Å². The van der Waals surface area contributed by atoms with Gasteiger partial charge in [0.1, 0.15) is 0 Å². The van der Waals surface area contributed by atoms with Gasteiger partial charge >= 0.3 is 6.03 Å². The third-order valence-corrected chi connectivity index (χ3v) is 3.25. The standard InChI is InChI=1S/C9H11N3O2S/c1-3-6-5(2)15-9(11-6)12-7(13)4-10-8(12)14/h3-4H2,1-2H3,(H,10,14). The molecule has 1 aliphatic rings. The molecular formula is C9H11N3O2S. The highest BCUT2D eigenvalue weighted by molar-refractivity contribution is 7.16. The summed E-state index contributed by atoms with van der Waals surface area (Å²) in [6, 6.07) is -0.378. The topological polar surface area (TPSA) is 62.3 Å². The summed E-state index contributed by atoms with van der Waals surface area (Å²) in [5.41, 5.74) is 0.947. The molecule has 0 aliphatic carbocycles. The van der Waals surface area contributed by atoms with Crippen LogP contribution in [0.5, 0.6) is 0 Å². The lowest BCUT2D eigenvalue weighted by Gasteiger charge is -2.06. The monoisotopic (exact) mass is 225 g/mol. The summed E-state index contributed by atoms with van der Waals surface area (Å²) in [5, 5.41) is 2.94. The van der Waals surface area contributed by atoms with Crippen LogP contribution in [0.1, 0.15) is 17.5 Å². The van der Waals surface area contributed by atoms with Gasteiger partial charge in [0.15, 0.2) is 0 Å². The van der Waals surface area contributed by atoms with Crippen LogP contribution < -0.4 is 10.2 Å². The molecule has 1 N–H and O–H groups in total. The first-order valence-electron chi connectivity index (χ1n) is 4.70. The second-order valence-corrected chi connectivity index (χ2v) is 4.42. The number of imide groups is 1. The Balaban J connectivity index is 2.36. The molecule has 6 heteroatoms. The van der Waals surface area contributed by atoms with Crippen LogP contribution in [0.2, 0.25) is 0 Å². The minimum Gasteiger partial charge on any atom is -0.328 e. The van der Waals surface area contributed by atoms with Gasteiger partial charge in [-0.15, -0.1) is 11.3 Å². The quantitative estimate of drug-likeness (QED) is 0.766. The highest BCUT2D eigenvalue weighted by Crippen LogP contribution is 2.27. The number of amides is 3. The Bertz CT molecular complexity index is 411. The van der Waals surface area contributed by atoms with Crippen molar-refractivity contribution in [1.29, 1.82) is 0 Å². The molecule has 1 saturated heterocycles. The van der Waals surface area contributed by atoms with E-state index in [1.807, 2.05) is 13.8 Å². The van der Waals surface area contributed by atoms with Gasteiger partial charge in [0, 0.05) is 4.88 Å². The van der Waals surface area contributed by atoms with Crippen LogP contribution in [0.4, 0.5) is 9.93 Å². The van der Waals surface area contributed by atoms with Crippen molar-refractivity contribution >= 4 is 28.4 Å². The number of carbonyl (C=O) groups is 2. The minimum absolute atomic E-state index is 0.0684. The van der Waals surface area contributed by atoms with Crippen molar-refractivity contribution in [2.24, 2.45) is 0 Å². The Labute approximate surface area is 91.1 Å². The Morgan fingerprint density at radius 2 is 2.27 bits per heavy atom. The molecule has 5 nitrogen and oxygen atoms in total. The van der Waals surface area contributed by atoms with E-state index in [0.29, 0.717) is 5.13 Å². The Morgan fingerprint density at radius 3 is 2.73 bits per heavy atom. The summed E-state index contributed by atoms with van der Waals surface area (Å²) < 4.78 is 0. The smallest absolute Gasteiger partial charge is 0.328 e. The van der Waals surface area contributed by atoms with E-state index in [4.69, 9.17) is 0 Å². The summed E-state index contributed by atoms with van der Waals surface area (Å²) in [6.45, 7) is 4.01. The van der Waals surface area contributed by atoms with Gasteiger partial charge in [-0.2, -0.15) is 0 Å². The first-order valence-corrected chi connectivity index (χ1v) is 5.52. The van der Waals surface area contributed by atoms with E-state index >= 15 is 0 Å². The van der Waals surface area contributed by atoms with E-state index < -0.39 is 0 Å². The number of nitrogens with zero attached hydrogens (tertiary/aromatic N) is 2. The maximum absolute atomic E-state index is 11.4. The van der Waals surface area contributed by atoms with Crippen molar-refractivity contribution in [2.75, 3.05) is 11.4 Å². The van der Waals surface area contributed by atoms with Crippen LogP contribution in [-0.2, 0) is 11.2 Å². The SMILES string of the molecule is CCc1nc(N2C(=O)CNC2=O)sc1C. The molecule has 1 aliphatic heterocycles. The molecule has 0 atom stereocenters. The van der Waals surface area contributed by atoms with Crippen LogP contribution in [0, 0.1) is 6.92 Å². The molecule has 2 heterocycles. The first kappa shape index (κ1) is 10.1. The van der Waals surface area contributed by atoms with Gasteiger partial charge in [-0.25, -0.2) is 14.7 Å². The predicted octanol–water partition coefficient (Wildman–Crippen LogP) is 1.07. The number of anilines is 1. The molecule has 0 radical (unpaired) electrons. The lowest BCUT2D eigenvalue weighted by molar-refractivity contribution is -0.115. The molecule has 0 spiro atoms. The van der Waals surface area contributed by atoms with Gasteiger partial charge in [-0.3, -0.25) is 4.79 Å². The second kappa shape index (κ2) is 3.62. The zero-order valence-electron chi connectivity index (χ0n) is 8.53. The van der Waals surface area contributed by atoms with Crippen molar-refractivity contribution in [3.8, 4) is 0 Å². The third-order valence-electron chi connectivity index (χ3n) is 2.25. The van der Waals surface area contributed by atoms with Crippen LogP contribution in [-0.4, -0.2) is 23.5 Å². The van der Waals surface area contributed by atoms with E-state index in [2.05, 4.69) is 10.3 Å². The molecule has 1 aromatic rings. The molecule has 0 aromatic carbocycles. The maximum atomic E-state index is 11.4.